The Morgan fingerprint density at radius 1 is 1.29 bits per heavy atom. The minimum absolute atomic E-state index is 0.108. The van der Waals surface area contributed by atoms with Crippen LogP contribution in [0.3, 0.4) is 0 Å². The van der Waals surface area contributed by atoms with Crippen molar-refractivity contribution in [3.8, 4) is 0 Å². The Balaban J connectivity index is 1.85. The summed E-state index contributed by atoms with van der Waals surface area (Å²) in [6.45, 7) is 2.25. The molecule has 2 fully saturated rings. The molecule has 0 bridgehead atoms. The van der Waals surface area contributed by atoms with Crippen LogP contribution in [0.2, 0.25) is 0 Å². The molecule has 4 nitrogen and oxygen atoms in total. The summed E-state index contributed by atoms with van der Waals surface area (Å²) in [6, 6.07) is -0.170. The molecular weight excluding hydrogens is 339 g/mol. The second-order valence-corrected chi connectivity index (χ2v) is 7.95. The monoisotopic (exact) mass is 367 g/mol. The molecule has 140 valence electrons. The van der Waals surface area contributed by atoms with Crippen LogP contribution in [-0.2, 0) is 4.74 Å². The van der Waals surface area contributed by atoms with E-state index in [2.05, 4.69) is 21.9 Å². The fraction of sp³-hybridized carbons (Fsp3) is 0.938. The Labute approximate surface area is 146 Å². The fourth-order valence-electron chi connectivity index (χ4n) is 3.45. The van der Waals surface area contributed by atoms with Crippen molar-refractivity contribution in [2.45, 2.75) is 55.5 Å². The first-order chi connectivity index (χ1) is 11.4. The molecule has 2 atom stereocenters. The summed E-state index contributed by atoms with van der Waals surface area (Å²) < 4.78 is 44.3. The molecule has 2 unspecified atom stereocenters. The van der Waals surface area contributed by atoms with Gasteiger partial charge in [-0.25, -0.2) is 0 Å². The Morgan fingerprint density at radius 3 is 2.58 bits per heavy atom. The van der Waals surface area contributed by atoms with Crippen molar-refractivity contribution in [1.29, 1.82) is 0 Å². The average molecular weight is 367 g/mol. The highest BCUT2D eigenvalue weighted by Gasteiger charge is 2.42. The predicted molar refractivity (Wildman–Crippen MR) is 92.6 cm³/mol. The lowest BCUT2D eigenvalue weighted by molar-refractivity contribution is -0.183. The van der Waals surface area contributed by atoms with E-state index < -0.39 is 12.1 Å². The molecule has 1 saturated carbocycles. The van der Waals surface area contributed by atoms with E-state index >= 15 is 0 Å². The highest BCUT2D eigenvalue weighted by molar-refractivity contribution is 8.00. The summed E-state index contributed by atoms with van der Waals surface area (Å²) in [5.74, 6) is -0.599. The maximum absolute atomic E-state index is 12.9. The minimum atomic E-state index is -4.09. The van der Waals surface area contributed by atoms with Crippen LogP contribution in [0.4, 0.5) is 13.2 Å². The van der Waals surface area contributed by atoms with Crippen molar-refractivity contribution in [1.82, 2.24) is 10.6 Å². The zero-order valence-corrected chi connectivity index (χ0v) is 15.2. The Hall–Kier alpha value is -0.630. The highest BCUT2D eigenvalue weighted by Crippen LogP contribution is 2.37. The molecule has 8 heteroatoms. The Bertz CT molecular complexity index is 425. The first kappa shape index (κ1) is 19.7. The molecule has 1 heterocycles. The predicted octanol–water partition coefficient (Wildman–Crippen LogP) is 3.18. The second kappa shape index (κ2) is 8.65. The van der Waals surface area contributed by atoms with Gasteiger partial charge in [0.1, 0.15) is 0 Å². The molecule has 2 rings (SSSR count). The number of hydrogen-bond donors (Lipinski definition) is 2. The summed E-state index contributed by atoms with van der Waals surface area (Å²) in [7, 11) is 1.66. The van der Waals surface area contributed by atoms with Gasteiger partial charge in [-0.15, -0.1) is 0 Å². The molecule has 0 spiro atoms. The average Bonchev–Trinajstić information content (AvgIpc) is 2.59. The number of alkyl halides is 3. The van der Waals surface area contributed by atoms with Crippen molar-refractivity contribution < 1.29 is 17.9 Å². The van der Waals surface area contributed by atoms with Crippen LogP contribution < -0.4 is 10.6 Å². The molecule has 0 aromatic heterocycles. The van der Waals surface area contributed by atoms with E-state index in [9.17, 15) is 13.2 Å². The molecule has 0 radical (unpaired) electrons. The summed E-state index contributed by atoms with van der Waals surface area (Å²) in [6.07, 6.45) is 1.67. The maximum Gasteiger partial charge on any atom is 0.391 e. The van der Waals surface area contributed by atoms with Gasteiger partial charge in [0.25, 0.3) is 0 Å². The van der Waals surface area contributed by atoms with Gasteiger partial charge in [0, 0.05) is 37.6 Å². The lowest BCUT2D eigenvalue weighted by Crippen LogP contribution is -2.51. The molecular formula is C16H28F3N3OS. The Morgan fingerprint density at radius 2 is 2.00 bits per heavy atom. The number of halogens is 3. The molecule has 24 heavy (non-hydrogen) atoms. The third-order valence-corrected chi connectivity index (χ3v) is 6.54. The van der Waals surface area contributed by atoms with Gasteiger partial charge in [0.05, 0.1) is 5.92 Å². The number of nitrogens with zero attached hydrogens (tertiary/aromatic N) is 1. The number of aliphatic imine (C=N–C) groups is 1. The summed E-state index contributed by atoms with van der Waals surface area (Å²) in [4.78, 5) is 4.19. The molecule has 0 aromatic carbocycles. The van der Waals surface area contributed by atoms with Gasteiger partial charge in [-0.3, -0.25) is 4.99 Å². The molecule has 2 N–H and O–H groups in total. The molecule has 2 aliphatic rings. The minimum Gasteiger partial charge on any atom is -0.381 e. The zero-order valence-electron chi connectivity index (χ0n) is 14.4. The third kappa shape index (κ3) is 5.44. The highest BCUT2D eigenvalue weighted by atomic mass is 32.2. The molecule has 0 aromatic rings. The van der Waals surface area contributed by atoms with Crippen molar-refractivity contribution in [3.63, 3.8) is 0 Å². The first-order valence-corrected chi connectivity index (χ1v) is 9.78. The van der Waals surface area contributed by atoms with E-state index in [0.717, 1.165) is 39.0 Å². The van der Waals surface area contributed by atoms with E-state index in [1.54, 1.807) is 7.05 Å². The molecule has 1 aliphatic heterocycles. The quantitative estimate of drug-likeness (QED) is 0.592. The maximum atomic E-state index is 12.9. The van der Waals surface area contributed by atoms with Crippen LogP contribution >= 0.6 is 11.8 Å². The largest absolute Gasteiger partial charge is 0.391 e. The van der Waals surface area contributed by atoms with E-state index in [-0.39, 0.29) is 23.6 Å². The van der Waals surface area contributed by atoms with Gasteiger partial charge < -0.3 is 15.4 Å². The normalized spacial score (nSPS) is 28.5. The van der Waals surface area contributed by atoms with Crippen LogP contribution in [0, 0.1) is 5.92 Å². The number of rotatable bonds is 4. The van der Waals surface area contributed by atoms with Gasteiger partial charge in [-0.1, -0.05) is 6.42 Å². The van der Waals surface area contributed by atoms with Crippen molar-refractivity contribution in [2.75, 3.05) is 33.1 Å². The fourth-order valence-corrected chi connectivity index (χ4v) is 4.24. The van der Waals surface area contributed by atoms with Gasteiger partial charge in [-0.05, 0) is 38.4 Å². The summed E-state index contributed by atoms with van der Waals surface area (Å²) in [5, 5.41) is 6.50. The van der Waals surface area contributed by atoms with Gasteiger partial charge in [0.2, 0.25) is 0 Å². The number of ether oxygens (including phenoxy) is 1. The SMILES string of the molecule is CN=C(NCC1(SC)CCOCC1)NC1CCCC(C(F)(F)F)C1. The van der Waals surface area contributed by atoms with E-state index in [1.165, 1.54) is 0 Å². The first-order valence-electron chi connectivity index (χ1n) is 8.55. The third-order valence-electron chi connectivity index (χ3n) is 5.12. The van der Waals surface area contributed by atoms with Gasteiger partial charge in [0.15, 0.2) is 5.96 Å². The Kier molecular flexibility index (Phi) is 7.10. The number of hydrogen-bond acceptors (Lipinski definition) is 3. The van der Waals surface area contributed by atoms with E-state index in [0.29, 0.717) is 12.4 Å². The van der Waals surface area contributed by atoms with Crippen LogP contribution in [0.25, 0.3) is 0 Å². The van der Waals surface area contributed by atoms with Crippen LogP contribution in [0.1, 0.15) is 38.5 Å². The number of nitrogens with one attached hydrogen (secondary N) is 2. The van der Waals surface area contributed by atoms with E-state index in [1.807, 2.05) is 11.8 Å². The van der Waals surface area contributed by atoms with Crippen molar-refractivity contribution >= 4 is 17.7 Å². The molecule has 0 amide bonds. The zero-order chi connectivity index (χ0) is 17.6. The number of thioether (sulfide) groups is 1. The van der Waals surface area contributed by atoms with Crippen LogP contribution in [0.5, 0.6) is 0 Å². The van der Waals surface area contributed by atoms with E-state index in [4.69, 9.17) is 4.74 Å². The lowest BCUT2D eigenvalue weighted by atomic mass is 9.85. The van der Waals surface area contributed by atoms with Crippen molar-refractivity contribution in [3.05, 3.63) is 0 Å². The number of guanidine groups is 1. The van der Waals surface area contributed by atoms with Crippen LogP contribution in [0.15, 0.2) is 4.99 Å². The van der Waals surface area contributed by atoms with Gasteiger partial charge in [-0.2, -0.15) is 24.9 Å². The summed E-state index contributed by atoms with van der Waals surface area (Å²) in [5.41, 5.74) is 0. The lowest BCUT2D eigenvalue weighted by Gasteiger charge is -2.37. The standard InChI is InChI=1S/C16H28F3N3OS/c1-20-14(21-11-15(24-2)6-8-23-9-7-15)22-13-5-3-4-12(10-13)16(17,18)19/h12-13H,3-11H2,1-2H3,(H2,20,21,22). The van der Waals surface area contributed by atoms with Gasteiger partial charge >= 0.3 is 6.18 Å². The topological polar surface area (TPSA) is 45.7 Å². The van der Waals surface area contributed by atoms with Crippen LogP contribution in [-0.4, -0.2) is 56.0 Å². The molecule has 1 aliphatic carbocycles. The molecule has 1 saturated heterocycles. The van der Waals surface area contributed by atoms with Crippen molar-refractivity contribution in [2.24, 2.45) is 10.9 Å². The smallest absolute Gasteiger partial charge is 0.381 e. The second-order valence-electron chi connectivity index (χ2n) is 6.67. The summed E-state index contributed by atoms with van der Waals surface area (Å²) >= 11 is 1.82.